The second kappa shape index (κ2) is 4.14. The first-order valence-electron chi connectivity index (χ1n) is 5.29. The minimum atomic E-state index is -3.15. The molecule has 1 N–H and O–H groups in total. The van der Waals surface area contributed by atoms with Crippen molar-refractivity contribution in [1.82, 2.24) is 4.98 Å². The number of carbonyl (C=O) groups is 1. The zero-order valence-corrected chi connectivity index (χ0v) is 10.2. The minimum Gasteiger partial charge on any atom is -0.481 e. The number of carboxylic acid groups (broad SMARTS) is 1. The molecule has 2 rings (SSSR count). The van der Waals surface area contributed by atoms with Crippen LogP contribution in [0, 0.1) is 6.92 Å². The van der Waals surface area contributed by atoms with E-state index in [0.717, 1.165) is 0 Å². The fraction of sp³-hybridized carbons (Fsp3) is 0.600. The van der Waals surface area contributed by atoms with Crippen molar-refractivity contribution in [3.63, 3.8) is 0 Å². The van der Waals surface area contributed by atoms with Gasteiger partial charge < -0.3 is 9.52 Å². The maximum absolute atomic E-state index is 11.7. The number of rotatable bonds is 3. The van der Waals surface area contributed by atoms with Gasteiger partial charge in [0.25, 0.3) is 0 Å². The molecule has 0 saturated carbocycles. The van der Waals surface area contributed by atoms with Crippen LogP contribution in [0.25, 0.3) is 0 Å². The third-order valence-electron chi connectivity index (χ3n) is 2.81. The van der Waals surface area contributed by atoms with E-state index in [1.54, 1.807) is 6.92 Å². The molecule has 94 valence electrons. The maximum Gasteiger partial charge on any atom is 0.312 e. The predicted octanol–water partition coefficient (Wildman–Crippen LogP) is 0.860. The van der Waals surface area contributed by atoms with Crippen LogP contribution in [-0.2, 0) is 21.1 Å². The predicted molar refractivity (Wildman–Crippen MR) is 58.3 cm³/mol. The topological polar surface area (TPSA) is 97.5 Å². The number of aliphatic carboxylic acids is 1. The molecule has 1 aromatic rings. The van der Waals surface area contributed by atoms with Crippen LogP contribution in [0.4, 0.5) is 0 Å². The number of hydrogen-bond donors (Lipinski definition) is 1. The molecule has 0 aromatic carbocycles. The van der Waals surface area contributed by atoms with E-state index in [1.807, 2.05) is 0 Å². The molecule has 0 amide bonds. The van der Waals surface area contributed by atoms with Crippen molar-refractivity contribution < 1.29 is 22.7 Å². The third-order valence-corrected chi connectivity index (χ3v) is 5.00. The first-order chi connectivity index (χ1) is 7.90. The second-order valence-electron chi connectivity index (χ2n) is 4.12. The SMILES string of the molecule is Cc1oc(CC(=O)O)nc1C1CCCS1(=O)=O. The van der Waals surface area contributed by atoms with Crippen molar-refractivity contribution in [1.29, 1.82) is 0 Å². The van der Waals surface area contributed by atoms with E-state index in [-0.39, 0.29) is 18.1 Å². The lowest BCUT2D eigenvalue weighted by Gasteiger charge is -2.05. The third kappa shape index (κ3) is 2.33. The van der Waals surface area contributed by atoms with Gasteiger partial charge in [0, 0.05) is 0 Å². The molecule has 2 heterocycles. The monoisotopic (exact) mass is 259 g/mol. The molecule has 0 radical (unpaired) electrons. The lowest BCUT2D eigenvalue weighted by atomic mass is 10.2. The van der Waals surface area contributed by atoms with E-state index in [0.29, 0.717) is 24.3 Å². The Labute approximate surface area is 98.6 Å². The molecule has 7 heteroatoms. The summed E-state index contributed by atoms with van der Waals surface area (Å²) in [4.78, 5) is 14.5. The summed E-state index contributed by atoms with van der Waals surface area (Å²) in [7, 11) is -3.15. The highest BCUT2D eigenvalue weighted by Gasteiger charge is 2.36. The average molecular weight is 259 g/mol. The minimum absolute atomic E-state index is 0.0621. The molecule has 17 heavy (non-hydrogen) atoms. The Bertz CT molecular complexity index is 545. The Kier molecular flexibility index (Phi) is 2.94. The fourth-order valence-corrected chi connectivity index (χ4v) is 4.01. The lowest BCUT2D eigenvalue weighted by Crippen LogP contribution is -2.09. The number of aromatic nitrogens is 1. The Hall–Kier alpha value is -1.37. The number of nitrogens with zero attached hydrogens (tertiary/aromatic N) is 1. The molecule has 1 aliphatic rings. The van der Waals surface area contributed by atoms with Gasteiger partial charge in [-0.15, -0.1) is 0 Å². The highest BCUT2D eigenvalue weighted by molar-refractivity contribution is 7.91. The molecule has 1 unspecified atom stereocenters. The molecule has 0 aliphatic carbocycles. The molecule has 1 aromatic heterocycles. The number of sulfone groups is 1. The maximum atomic E-state index is 11.7. The van der Waals surface area contributed by atoms with Crippen molar-refractivity contribution in [3.8, 4) is 0 Å². The fourth-order valence-electron chi connectivity index (χ4n) is 2.07. The van der Waals surface area contributed by atoms with E-state index >= 15 is 0 Å². The molecule has 0 spiro atoms. The first-order valence-corrected chi connectivity index (χ1v) is 7.01. The van der Waals surface area contributed by atoms with E-state index in [1.165, 1.54) is 0 Å². The van der Waals surface area contributed by atoms with Crippen LogP contribution in [0.1, 0.15) is 35.4 Å². The summed E-state index contributed by atoms with van der Waals surface area (Å²) >= 11 is 0. The number of carboxylic acids is 1. The van der Waals surface area contributed by atoms with Crippen molar-refractivity contribution in [3.05, 3.63) is 17.3 Å². The highest BCUT2D eigenvalue weighted by Crippen LogP contribution is 2.35. The summed E-state index contributed by atoms with van der Waals surface area (Å²) in [6, 6.07) is 0. The van der Waals surface area contributed by atoms with Gasteiger partial charge in [0.2, 0.25) is 5.89 Å². The lowest BCUT2D eigenvalue weighted by molar-refractivity contribution is -0.136. The number of aryl methyl sites for hydroxylation is 1. The molecule has 0 bridgehead atoms. The number of oxazole rings is 1. The summed E-state index contributed by atoms with van der Waals surface area (Å²) in [5.41, 5.74) is 0.374. The van der Waals surface area contributed by atoms with Gasteiger partial charge in [0.1, 0.15) is 23.1 Å². The van der Waals surface area contributed by atoms with Crippen molar-refractivity contribution in [2.45, 2.75) is 31.4 Å². The van der Waals surface area contributed by atoms with Crippen LogP contribution in [0.15, 0.2) is 4.42 Å². The van der Waals surface area contributed by atoms with Crippen LogP contribution < -0.4 is 0 Å². The largest absolute Gasteiger partial charge is 0.481 e. The van der Waals surface area contributed by atoms with Gasteiger partial charge >= 0.3 is 5.97 Å². The van der Waals surface area contributed by atoms with E-state index in [4.69, 9.17) is 9.52 Å². The van der Waals surface area contributed by atoms with E-state index < -0.39 is 21.1 Å². The zero-order chi connectivity index (χ0) is 12.6. The van der Waals surface area contributed by atoms with Gasteiger partial charge in [-0.3, -0.25) is 4.79 Å². The van der Waals surface area contributed by atoms with Crippen LogP contribution in [0.2, 0.25) is 0 Å². The van der Waals surface area contributed by atoms with Gasteiger partial charge in [-0.2, -0.15) is 0 Å². The Morgan fingerprint density at radius 1 is 1.59 bits per heavy atom. The van der Waals surface area contributed by atoms with Gasteiger partial charge in [-0.1, -0.05) is 0 Å². The Morgan fingerprint density at radius 3 is 2.82 bits per heavy atom. The van der Waals surface area contributed by atoms with Crippen molar-refractivity contribution in [2.75, 3.05) is 5.75 Å². The van der Waals surface area contributed by atoms with Gasteiger partial charge in [-0.05, 0) is 19.8 Å². The van der Waals surface area contributed by atoms with E-state index in [2.05, 4.69) is 4.98 Å². The standard InChI is InChI=1S/C10H13NO5S/c1-6-10(7-3-2-4-17(7,14)15)11-8(16-6)5-9(12)13/h7H,2-5H2,1H3,(H,12,13). The zero-order valence-electron chi connectivity index (χ0n) is 9.34. The van der Waals surface area contributed by atoms with Crippen LogP contribution in [0.5, 0.6) is 0 Å². The molecular weight excluding hydrogens is 246 g/mol. The van der Waals surface area contributed by atoms with Crippen molar-refractivity contribution >= 4 is 15.8 Å². The quantitative estimate of drug-likeness (QED) is 0.864. The van der Waals surface area contributed by atoms with Crippen LogP contribution in [0.3, 0.4) is 0 Å². The first kappa shape index (κ1) is 12.1. The summed E-state index contributed by atoms with van der Waals surface area (Å²) in [5, 5.41) is 7.99. The van der Waals surface area contributed by atoms with Gasteiger partial charge in [0.05, 0.1) is 5.75 Å². The van der Waals surface area contributed by atoms with Crippen LogP contribution in [-0.4, -0.2) is 30.2 Å². The second-order valence-corrected chi connectivity index (χ2v) is 6.42. The Balaban J connectivity index is 2.33. The molecule has 1 atom stereocenters. The summed E-state index contributed by atoms with van der Waals surface area (Å²) in [5.74, 6) is -0.422. The smallest absolute Gasteiger partial charge is 0.312 e. The summed E-state index contributed by atoms with van der Waals surface area (Å²) in [6.45, 7) is 1.61. The molecule has 1 fully saturated rings. The van der Waals surface area contributed by atoms with Gasteiger partial charge in [-0.25, -0.2) is 13.4 Å². The summed E-state index contributed by atoms with van der Waals surface area (Å²) < 4.78 is 28.7. The van der Waals surface area contributed by atoms with E-state index in [9.17, 15) is 13.2 Å². The normalized spacial score (nSPS) is 22.8. The number of hydrogen-bond acceptors (Lipinski definition) is 5. The van der Waals surface area contributed by atoms with Crippen LogP contribution >= 0.6 is 0 Å². The van der Waals surface area contributed by atoms with Gasteiger partial charge in [0.15, 0.2) is 9.84 Å². The highest BCUT2D eigenvalue weighted by atomic mass is 32.2. The Morgan fingerprint density at radius 2 is 2.29 bits per heavy atom. The molecule has 1 aliphatic heterocycles. The average Bonchev–Trinajstić information content (AvgIpc) is 2.68. The molecular formula is C10H13NO5S. The summed E-state index contributed by atoms with van der Waals surface area (Å²) in [6.07, 6.45) is 0.823. The molecule has 1 saturated heterocycles. The van der Waals surface area contributed by atoms with Crippen molar-refractivity contribution in [2.24, 2.45) is 0 Å². The molecule has 6 nitrogen and oxygen atoms in total.